The molecular weight excluding hydrogens is 442 g/mol. The van der Waals surface area contributed by atoms with Crippen LogP contribution >= 0.6 is 0 Å². The van der Waals surface area contributed by atoms with E-state index in [-0.39, 0.29) is 0 Å². The van der Waals surface area contributed by atoms with Crippen LogP contribution in [0.2, 0.25) is 0 Å². The number of hydrogen-bond donors (Lipinski definition) is 0. The summed E-state index contributed by atoms with van der Waals surface area (Å²) in [5.74, 6) is 1.62. The van der Waals surface area contributed by atoms with Gasteiger partial charge in [0.15, 0.2) is 11.5 Å². The Labute approximate surface area is 209 Å². The second-order valence-electron chi connectivity index (χ2n) is 8.49. The van der Waals surface area contributed by atoms with Crippen molar-refractivity contribution in [2.24, 2.45) is 0 Å². The van der Waals surface area contributed by atoms with Gasteiger partial charge in [-0.05, 0) is 77.4 Å². The molecule has 6 rings (SSSR count). The van der Waals surface area contributed by atoms with E-state index in [0.29, 0.717) is 11.1 Å². The molecule has 0 saturated heterocycles. The highest BCUT2D eigenvalue weighted by Crippen LogP contribution is 2.50. The average molecular weight is 462 g/mol. The lowest BCUT2D eigenvalue weighted by Gasteiger charge is -2.33. The zero-order valence-corrected chi connectivity index (χ0v) is 19.2. The molecule has 1 aliphatic rings. The first-order chi connectivity index (χ1) is 17.7. The van der Waals surface area contributed by atoms with Gasteiger partial charge in [0.2, 0.25) is 0 Å². The molecule has 0 N–H and O–H groups in total. The highest BCUT2D eigenvalue weighted by molar-refractivity contribution is 5.88. The minimum atomic E-state index is 0.529. The molecule has 0 fully saturated rings. The smallest absolute Gasteiger partial charge is 0.151 e. The number of ether oxygens (including phenoxy) is 1. The summed E-state index contributed by atoms with van der Waals surface area (Å²) in [5.41, 5.74) is 7.77. The summed E-state index contributed by atoms with van der Waals surface area (Å²) in [4.78, 5) is 2.21. The Morgan fingerprint density at radius 1 is 0.556 bits per heavy atom. The average Bonchev–Trinajstić information content (AvgIpc) is 2.95. The van der Waals surface area contributed by atoms with Crippen LogP contribution in [0.1, 0.15) is 11.1 Å². The molecule has 0 aromatic heterocycles. The molecular formula is C32H19N3O. The van der Waals surface area contributed by atoms with Crippen molar-refractivity contribution in [1.82, 2.24) is 0 Å². The third-order valence-electron chi connectivity index (χ3n) is 6.31. The number of nitriles is 2. The highest BCUT2D eigenvalue weighted by Gasteiger charge is 2.25. The van der Waals surface area contributed by atoms with E-state index in [0.717, 1.165) is 50.8 Å². The van der Waals surface area contributed by atoms with Crippen molar-refractivity contribution in [1.29, 1.82) is 10.5 Å². The third kappa shape index (κ3) is 3.64. The molecule has 0 unspecified atom stereocenters. The fraction of sp³-hybridized carbons (Fsp3) is 0. The van der Waals surface area contributed by atoms with Crippen molar-refractivity contribution >= 4 is 17.1 Å². The van der Waals surface area contributed by atoms with E-state index in [4.69, 9.17) is 4.74 Å². The second-order valence-corrected chi connectivity index (χ2v) is 8.49. The lowest BCUT2D eigenvalue weighted by atomic mass is 9.94. The molecule has 168 valence electrons. The Morgan fingerprint density at radius 2 is 1.19 bits per heavy atom. The van der Waals surface area contributed by atoms with Crippen LogP contribution in [-0.2, 0) is 0 Å². The van der Waals surface area contributed by atoms with Crippen LogP contribution in [-0.4, -0.2) is 0 Å². The van der Waals surface area contributed by atoms with Crippen molar-refractivity contribution in [3.05, 3.63) is 126 Å². The Hall–Kier alpha value is -5.32. The lowest BCUT2D eigenvalue weighted by Crippen LogP contribution is -2.15. The molecule has 0 atom stereocenters. The Bertz CT molecular complexity index is 1660. The van der Waals surface area contributed by atoms with E-state index >= 15 is 0 Å². The predicted octanol–water partition coefficient (Wildman–Crippen LogP) is 8.34. The highest BCUT2D eigenvalue weighted by atomic mass is 16.5. The molecule has 0 aliphatic carbocycles. The summed E-state index contributed by atoms with van der Waals surface area (Å²) in [6.07, 6.45) is 0. The molecule has 0 spiro atoms. The van der Waals surface area contributed by atoms with Gasteiger partial charge in [0.25, 0.3) is 0 Å². The fourth-order valence-electron chi connectivity index (χ4n) is 4.62. The normalized spacial score (nSPS) is 11.4. The minimum absolute atomic E-state index is 0.529. The summed E-state index contributed by atoms with van der Waals surface area (Å²) in [7, 11) is 0. The topological polar surface area (TPSA) is 60.0 Å². The van der Waals surface area contributed by atoms with E-state index in [1.165, 1.54) is 0 Å². The number of benzene rings is 5. The quantitative estimate of drug-likeness (QED) is 0.266. The monoisotopic (exact) mass is 461 g/mol. The zero-order chi connectivity index (χ0) is 24.5. The SMILES string of the molecule is N#Cc1ccc(C#N)c(-c2cccc(-c3cccc(N4c5ccccc5Oc5ccccc54)c3)c2)c1. The first-order valence-corrected chi connectivity index (χ1v) is 11.6. The minimum Gasteiger partial charge on any atom is -0.453 e. The Morgan fingerprint density at radius 3 is 1.89 bits per heavy atom. The molecule has 1 aliphatic heterocycles. The largest absolute Gasteiger partial charge is 0.453 e. The molecule has 4 heteroatoms. The van der Waals surface area contributed by atoms with Crippen LogP contribution in [0.4, 0.5) is 17.1 Å². The van der Waals surface area contributed by atoms with Gasteiger partial charge >= 0.3 is 0 Å². The van der Waals surface area contributed by atoms with Gasteiger partial charge in [-0.15, -0.1) is 0 Å². The van der Waals surface area contributed by atoms with Crippen molar-refractivity contribution in [3.8, 4) is 45.9 Å². The molecule has 4 nitrogen and oxygen atoms in total. The van der Waals surface area contributed by atoms with Gasteiger partial charge in [-0.2, -0.15) is 10.5 Å². The van der Waals surface area contributed by atoms with E-state index in [1.54, 1.807) is 18.2 Å². The first-order valence-electron chi connectivity index (χ1n) is 11.6. The van der Waals surface area contributed by atoms with Crippen LogP contribution in [0.5, 0.6) is 11.5 Å². The van der Waals surface area contributed by atoms with E-state index < -0.39 is 0 Å². The standard InChI is InChI=1S/C32H19N3O/c33-20-22-15-16-26(21-34)28(17-22)25-9-5-7-23(18-25)24-8-6-10-27(19-24)35-29-11-1-3-13-31(29)36-32-14-4-2-12-30(32)35/h1-19H. The molecule has 0 amide bonds. The predicted molar refractivity (Wildman–Crippen MR) is 142 cm³/mol. The number of nitrogens with zero attached hydrogens (tertiary/aromatic N) is 3. The summed E-state index contributed by atoms with van der Waals surface area (Å²) >= 11 is 0. The van der Waals surface area contributed by atoms with Crippen molar-refractivity contribution in [2.75, 3.05) is 4.90 Å². The van der Waals surface area contributed by atoms with Gasteiger partial charge in [0.1, 0.15) is 0 Å². The van der Waals surface area contributed by atoms with Crippen LogP contribution in [0.3, 0.4) is 0 Å². The summed E-state index contributed by atoms with van der Waals surface area (Å²) in [6.45, 7) is 0. The number of hydrogen-bond acceptors (Lipinski definition) is 4. The van der Waals surface area contributed by atoms with Gasteiger partial charge in [0, 0.05) is 11.3 Å². The van der Waals surface area contributed by atoms with Crippen molar-refractivity contribution in [3.63, 3.8) is 0 Å². The third-order valence-corrected chi connectivity index (χ3v) is 6.31. The maximum atomic E-state index is 9.62. The van der Waals surface area contributed by atoms with Crippen molar-refractivity contribution in [2.45, 2.75) is 0 Å². The van der Waals surface area contributed by atoms with Gasteiger partial charge in [-0.25, -0.2) is 0 Å². The Balaban J connectivity index is 1.46. The molecule has 0 saturated carbocycles. The maximum absolute atomic E-state index is 9.62. The first kappa shape index (κ1) is 21.2. The Kier molecular flexibility index (Phi) is 5.19. The van der Waals surface area contributed by atoms with Crippen LogP contribution < -0.4 is 9.64 Å². The van der Waals surface area contributed by atoms with Crippen LogP contribution in [0, 0.1) is 22.7 Å². The van der Waals surface area contributed by atoms with Gasteiger partial charge in [-0.3, -0.25) is 0 Å². The molecule has 36 heavy (non-hydrogen) atoms. The number of para-hydroxylation sites is 4. The molecule has 0 bridgehead atoms. The number of anilines is 3. The van der Waals surface area contributed by atoms with E-state index in [2.05, 4.69) is 65.6 Å². The molecule has 5 aromatic rings. The van der Waals surface area contributed by atoms with Gasteiger partial charge in [-0.1, -0.05) is 54.6 Å². The summed E-state index contributed by atoms with van der Waals surface area (Å²) in [5, 5.41) is 19.0. The maximum Gasteiger partial charge on any atom is 0.151 e. The van der Waals surface area contributed by atoms with Crippen LogP contribution in [0.15, 0.2) is 115 Å². The molecule has 0 radical (unpaired) electrons. The summed E-state index contributed by atoms with van der Waals surface area (Å²) in [6, 6.07) is 42.1. The number of fused-ring (bicyclic) bond motifs is 2. The van der Waals surface area contributed by atoms with Gasteiger partial charge < -0.3 is 9.64 Å². The lowest BCUT2D eigenvalue weighted by molar-refractivity contribution is 0.477. The van der Waals surface area contributed by atoms with E-state index in [9.17, 15) is 10.5 Å². The van der Waals surface area contributed by atoms with Crippen LogP contribution in [0.25, 0.3) is 22.3 Å². The van der Waals surface area contributed by atoms with E-state index in [1.807, 2.05) is 48.5 Å². The fourth-order valence-corrected chi connectivity index (χ4v) is 4.62. The molecule has 1 heterocycles. The second kappa shape index (κ2) is 8.80. The summed E-state index contributed by atoms with van der Waals surface area (Å²) < 4.78 is 6.16. The number of rotatable bonds is 3. The van der Waals surface area contributed by atoms with Crippen molar-refractivity contribution < 1.29 is 4.74 Å². The zero-order valence-electron chi connectivity index (χ0n) is 19.2. The van der Waals surface area contributed by atoms with Gasteiger partial charge in [0.05, 0.1) is 34.6 Å². The molecule has 5 aromatic carbocycles.